The van der Waals surface area contributed by atoms with Crippen molar-refractivity contribution >= 4 is 54.8 Å². The summed E-state index contributed by atoms with van der Waals surface area (Å²) in [5, 5.41) is 6.31. The number of amides is 1. The molecule has 4 nitrogen and oxygen atoms in total. The lowest BCUT2D eigenvalue weighted by atomic mass is 10.0. The molecule has 0 aromatic heterocycles. The Hall–Kier alpha value is -2.96. The van der Waals surface area contributed by atoms with Crippen LogP contribution in [0.1, 0.15) is 16.7 Å². The summed E-state index contributed by atoms with van der Waals surface area (Å²) in [4.78, 5) is 12.4. The summed E-state index contributed by atoms with van der Waals surface area (Å²) in [7, 11) is 0. The van der Waals surface area contributed by atoms with Gasteiger partial charge in [-0.3, -0.25) is 4.79 Å². The highest BCUT2D eigenvalue weighted by Crippen LogP contribution is 2.35. The molecular formula is C26H20Br2N2O2. The molecule has 0 saturated carbocycles. The van der Waals surface area contributed by atoms with Crippen molar-refractivity contribution in [3.63, 3.8) is 0 Å². The number of hydrogen-bond donors (Lipinski definition) is 1. The highest BCUT2D eigenvalue weighted by atomic mass is 79.9. The zero-order valence-corrected chi connectivity index (χ0v) is 20.3. The van der Waals surface area contributed by atoms with Gasteiger partial charge in [0.1, 0.15) is 12.4 Å². The number of ether oxygens (including phenoxy) is 1. The van der Waals surface area contributed by atoms with Crippen LogP contribution in [0.3, 0.4) is 0 Å². The second-order valence-corrected chi connectivity index (χ2v) is 8.90. The molecule has 4 aromatic rings. The Morgan fingerprint density at radius 3 is 2.38 bits per heavy atom. The van der Waals surface area contributed by atoms with Crippen molar-refractivity contribution in [2.75, 3.05) is 0 Å². The molecule has 4 rings (SSSR count). The van der Waals surface area contributed by atoms with E-state index in [1.54, 1.807) is 6.21 Å². The summed E-state index contributed by atoms with van der Waals surface area (Å²) in [6, 6.07) is 27.8. The Kier molecular flexibility index (Phi) is 7.35. The number of carbonyl (C=O) groups is 1. The van der Waals surface area contributed by atoms with Crippen LogP contribution < -0.4 is 10.2 Å². The van der Waals surface area contributed by atoms with Crippen LogP contribution >= 0.6 is 31.9 Å². The molecule has 0 bridgehead atoms. The van der Waals surface area contributed by atoms with Gasteiger partial charge in [-0.1, -0.05) is 72.8 Å². The van der Waals surface area contributed by atoms with E-state index in [1.165, 1.54) is 0 Å². The van der Waals surface area contributed by atoms with E-state index in [0.717, 1.165) is 36.4 Å². The number of fused-ring (bicyclic) bond motifs is 1. The van der Waals surface area contributed by atoms with Crippen molar-refractivity contribution in [1.29, 1.82) is 0 Å². The standard InChI is InChI=1S/C26H20Br2N2O2/c27-23-13-19(14-24(28)26(23)32-17-18-7-2-1-3-8-18)16-29-30-25(31)15-21-11-6-10-20-9-4-5-12-22(20)21/h1-14,16H,15,17H2,(H,30,31)/b29-16-. The van der Waals surface area contributed by atoms with Gasteiger partial charge < -0.3 is 4.74 Å². The van der Waals surface area contributed by atoms with E-state index in [1.807, 2.05) is 84.9 Å². The molecule has 0 aliphatic carbocycles. The molecule has 0 heterocycles. The van der Waals surface area contributed by atoms with Gasteiger partial charge in [-0.05, 0) is 71.5 Å². The topological polar surface area (TPSA) is 50.7 Å². The van der Waals surface area contributed by atoms with Crippen LogP contribution in [0.15, 0.2) is 99.0 Å². The van der Waals surface area contributed by atoms with Crippen LogP contribution in [-0.4, -0.2) is 12.1 Å². The smallest absolute Gasteiger partial charge is 0.244 e. The maximum atomic E-state index is 12.4. The number of benzene rings is 4. The summed E-state index contributed by atoms with van der Waals surface area (Å²) in [5.74, 6) is 0.546. The van der Waals surface area contributed by atoms with Gasteiger partial charge in [-0.25, -0.2) is 5.43 Å². The van der Waals surface area contributed by atoms with Crippen molar-refractivity contribution in [3.8, 4) is 5.75 Å². The number of hydrogen-bond acceptors (Lipinski definition) is 3. The molecule has 4 aromatic carbocycles. The Labute approximate surface area is 203 Å². The van der Waals surface area contributed by atoms with Crippen molar-refractivity contribution in [3.05, 3.63) is 111 Å². The number of nitrogens with one attached hydrogen (secondary N) is 1. The van der Waals surface area contributed by atoms with Crippen LogP contribution in [0.25, 0.3) is 10.8 Å². The molecule has 0 atom stereocenters. The van der Waals surface area contributed by atoms with Gasteiger partial charge in [0.15, 0.2) is 0 Å². The van der Waals surface area contributed by atoms with Gasteiger partial charge in [0.05, 0.1) is 21.6 Å². The Balaban J connectivity index is 1.38. The molecule has 0 aliphatic heterocycles. The lowest BCUT2D eigenvalue weighted by Crippen LogP contribution is -2.19. The van der Waals surface area contributed by atoms with Gasteiger partial charge in [0.25, 0.3) is 0 Å². The van der Waals surface area contributed by atoms with Crippen LogP contribution in [0, 0.1) is 0 Å². The minimum absolute atomic E-state index is 0.168. The third kappa shape index (κ3) is 5.64. The van der Waals surface area contributed by atoms with Crippen molar-refractivity contribution in [1.82, 2.24) is 5.43 Å². The molecule has 0 unspecified atom stereocenters. The maximum Gasteiger partial charge on any atom is 0.244 e. The summed E-state index contributed by atoms with van der Waals surface area (Å²) in [6.45, 7) is 0.468. The van der Waals surface area contributed by atoms with E-state index in [4.69, 9.17) is 4.74 Å². The Bertz CT molecular complexity index is 1250. The monoisotopic (exact) mass is 550 g/mol. The predicted molar refractivity (Wildman–Crippen MR) is 136 cm³/mol. The fourth-order valence-corrected chi connectivity index (χ4v) is 4.81. The summed E-state index contributed by atoms with van der Waals surface area (Å²) in [6.07, 6.45) is 1.87. The maximum absolute atomic E-state index is 12.4. The zero-order valence-electron chi connectivity index (χ0n) is 17.1. The second kappa shape index (κ2) is 10.6. The average Bonchev–Trinajstić information content (AvgIpc) is 2.79. The number of nitrogens with zero attached hydrogens (tertiary/aromatic N) is 1. The minimum Gasteiger partial charge on any atom is -0.487 e. The first-order valence-corrected chi connectivity index (χ1v) is 11.6. The number of hydrazone groups is 1. The van der Waals surface area contributed by atoms with Crippen molar-refractivity contribution in [2.45, 2.75) is 13.0 Å². The summed E-state index contributed by atoms with van der Waals surface area (Å²) >= 11 is 7.11. The first-order chi connectivity index (χ1) is 15.6. The van der Waals surface area contributed by atoms with E-state index in [-0.39, 0.29) is 12.3 Å². The first kappa shape index (κ1) is 22.2. The number of rotatable bonds is 7. The second-order valence-electron chi connectivity index (χ2n) is 7.20. The lowest BCUT2D eigenvalue weighted by molar-refractivity contribution is -0.120. The van der Waals surface area contributed by atoms with Crippen molar-refractivity contribution in [2.24, 2.45) is 5.10 Å². The molecule has 1 amide bonds. The number of carbonyl (C=O) groups excluding carboxylic acids is 1. The highest BCUT2D eigenvalue weighted by molar-refractivity contribution is 9.11. The summed E-state index contributed by atoms with van der Waals surface area (Å²) < 4.78 is 7.54. The van der Waals surface area contributed by atoms with Gasteiger partial charge >= 0.3 is 0 Å². The van der Waals surface area contributed by atoms with E-state index < -0.39 is 0 Å². The fraction of sp³-hybridized carbons (Fsp3) is 0.0769. The molecular weight excluding hydrogens is 532 g/mol. The van der Waals surface area contributed by atoms with Gasteiger partial charge in [-0.15, -0.1) is 0 Å². The van der Waals surface area contributed by atoms with E-state index in [0.29, 0.717) is 12.4 Å². The minimum atomic E-state index is -0.168. The largest absolute Gasteiger partial charge is 0.487 e. The normalized spacial score (nSPS) is 11.1. The molecule has 160 valence electrons. The third-order valence-corrected chi connectivity index (χ3v) is 6.06. The summed E-state index contributed by atoms with van der Waals surface area (Å²) in [5.41, 5.74) is 5.50. The quantitative estimate of drug-likeness (QED) is 0.207. The molecule has 32 heavy (non-hydrogen) atoms. The number of halogens is 2. The lowest BCUT2D eigenvalue weighted by Gasteiger charge is -2.11. The molecule has 0 aliphatic rings. The first-order valence-electron chi connectivity index (χ1n) is 10.0. The molecule has 0 saturated heterocycles. The van der Waals surface area contributed by atoms with Crippen LogP contribution in [-0.2, 0) is 17.8 Å². The van der Waals surface area contributed by atoms with Gasteiger partial charge in [0, 0.05) is 0 Å². The Morgan fingerprint density at radius 2 is 1.59 bits per heavy atom. The Morgan fingerprint density at radius 1 is 0.906 bits per heavy atom. The van der Waals surface area contributed by atoms with Crippen LogP contribution in [0.4, 0.5) is 0 Å². The molecule has 0 spiro atoms. The zero-order chi connectivity index (χ0) is 22.3. The SMILES string of the molecule is O=C(Cc1cccc2ccccc12)N/N=C\c1cc(Br)c(OCc2ccccc2)c(Br)c1. The average molecular weight is 552 g/mol. The molecule has 1 N–H and O–H groups in total. The van der Waals surface area contributed by atoms with Crippen LogP contribution in [0.2, 0.25) is 0 Å². The molecule has 6 heteroatoms. The van der Waals surface area contributed by atoms with Crippen molar-refractivity contribution < 1.29 is 9.53 Å². The van der Waals surface area contributed by atoms with E-state index >= 15 is 0 Å². The highest BCUT2D eigenvalue weighted by Gasteiger charge is 2.10. The van der Waals surface area contributed by atoms with E-state index in [9.17, 15) is 4.79 Å². The molecule has 0 radical (unpaired) electrons. The van der Waals surface area contributed by atoms with Gasteiger partial charge in [0.2, 0.25) is 5.91 Å². The fourth-order valence-electron chi connectivity index (χ4n) is 3.36. The molecule has 0 fully saturated rings. The predicted octanol–water partition coefficient (Wildman–Crippen LogP) is 6.64. The van der Waals surface area contributed by atoms with Gasteiger partial charge in [-0.2, -0.15) is 5.10 Å². The third-order valence-electron chi connectivity index (χ3n) is 4.88. The van der Waals surface area contributed by atoms with E-state index in [2.05, 4.69) is 42.4 Å². The van der Waals surface area contributed by atoms with Crippen LogP contribution in [0.5, 0.6) is 5.75 Å².